The molecule has 0 aliphatic heterocycles. The highest BCUT2D eigenvalue weighted by Gasteiger charge is 2.21. The van der Waals surface area contributed by atoms with Crippen molar-refractivity contribution in [3.05, 3.63) is 70.2 Å². The highest BCUT2D eigenvalue weighted by Crippen LogP contribution is 2.13. The summed E-state index contributed by atoms with van der Waals surface area (Å²) in [6.07, 6.45) is 0.389. The molecule has 0 fully saturated rings. The van der Waals surface area contributed by atoms with Crippen molar-refractivity contribution in [3.8, 4) is 0 Å². The number of benzene rings is 2. The third kappa shape index (κ3) is 5.87. The molecule has 0 saturated heterocycles. The summed E-state index contributed by atoms with van der Waals surface area (Å²) in [4.78, 5) is 23.6. The number of ether oxygens (including phenoxy) is 1. The summed E-state index contributed by atoms with van der Waals surface area (Å²) in [6, 6.07) is 16.4. The molecule has 5 heteroatoms. The van der Waals surface area contributed by atoms with Gasteiger partial charge in [-0.05, 0) is 23.3 Å². The Bertz CT molecular complexity index is 656. The third-order valence-electron chi connectivity index (χ3n) is 3.24. The molecule has 0 unspecified atom stereocenters. The van der Waals surface area contributed by atoms with Crippen molar-refractivity contribution in [3.63, 3.8) is 0 Å². The van der Waals surface area contributed by atoms with Crippen LogP contribution in [-0.4, -0.2) is 17.9 Å². The van der Waals surface area contributed by atoms with Crippen LogP contribution in [0.5, 0.6) is 0 Å². The maximum Gasteiger partial charge on any atom is 0.329 e. The van der Waals surface area contributed by atoms with Crippen LogP contribution in [0.1, 0.15) is 18.1 Å². The molecular weight excluding hydrogens is 358 g/mol. The first kappa shape index (κ1) is 17.2. The van der Waals surface area contributed by atoms with Gasteiger partial charge in [-0.25, -0.2) is 4.79 Å². The normalized spacial score (nSPS) is 11.6. The Balaban J connectivity index is 2.00. The Morgan fingerprint density at radius 2 is 1.70 bits per heavy atom. The van der Waals surface area contributed by atoms with Gasteiger partial charge in [0.2, 0.25) is 5.91 Å². The Hall–Kier alpha value is -2.14. The molecule has 1 amide bonds. The summed E-state index contributed by atoms with van der Waals surface area (Å²) in [7, 11) is 0. The van der Waals surface area contributed by atoms with Crippen molar-refractivity contribution >= 4 is 27.8 Å². The number of carbonyl (C=O) groups is 2. The van der Waals surface area contributed by atoms with Crippen molar-refractivity contribution in [1.29, 1.82) is 0 Å². The summed E-state index contributed by atoms with van der Waals surface area (Å²) < 4.78 is 6.29. The predicted octanol–water partition coefficient (Wildman–Crippen LogP) is 3.24. The van der Waals surface area contributed by atoms with Gasteiger partial charge >= 0.3 is 5.97 Å². The highest BCUT2D eigenvalue weighted by molar-refractivity contribution is 9.10. The van der Waals surface area contributed by atoms with E-state index in [1.807, 2.05) is 54.6 Å². The topological polar surface area (TPSA) is 55.4 Å². The quantitative estimate of drug-likeness (QED) is 0.788. The second-order valence-corrected chi connectivity index (χ2v) is 6.09. The largest absolute Gasteiger partial charge is 0.459 e. The molecule has 0 spiro atoms. The summed E-state index contributed by atoms with van der Waals surface area (Å²) in [6.45, 7) is 1.58. The molecular formula is C18H18BrNO3. The van der Waals surface area contributed by atoms with Gasteiger partial charge in [0, 0.05) is 17.8 Å². The highest BCUT2D eigenvalue weighted by atomic mass is 79.9. The van der Waals surface area contributed by atoms with E-state index in [0.29, 0.717) is 6.42 Å². The van der Waals surface area contributed by atoms with Crippen LogP contribution in [0.15, 0.2) is 59.1 Å². The standard InChI is InChI=1S/C18H18BrNO3/c1-13(21)20-17(11-14-7-9-16(19)10-8-14)18(22)23-12-15-5-3-2-4-6-15/h2-10,17H,11-12H2,1H3,(H,20,21)/t17-/m0/s1. The number of rotatable bonds is 6. The molecule has 23 heavy (non-hydrogen) atoms. The minimum atomic E-state index is -0.697. The van der Waals surface area contributed by atoms with E-state index in [1.54, 1.807) is 0 Å². The Kier molecular flexibility index (Phi) is 6.35. The zero-order valence-corrected chi connectivity index (χ0v) is 14.4. The molecule has 1 atom stereocenters. The van der Waals surface area contributed by atoms with Crippen LogP contribution in [0.25, 0.3) is 0 Å². The summed E-state index contributed by atoms with van der Waals surface area (Å²) in [5.41, 5.74) is 1.86. The maximum absolute atomic E-state index is 12.3. The lowest BCUT2D eigenvalue weighted by atomic mass is 10.1. The van der Waals surface area contributed by atoms with Crippen LogP contribution < -0.4 is 5.32 Å². The molecule has 0 heterocycles. The van der Waals surface area contributed by atoms with Crippen molar-refractivity contribution in [2.75, 3.05) is 0 Å². The van der Waals surface area contributed by atoms with Crippen LogP contribution in [0, 0.1) is 0 Å². The molecule has 1 N–H and O–H groups in total. The summed E-state index contributed by atoms with van der Waals surface area (Å²) >= 11 is 3.37. The Labute approximate surface area is 144 Å². The van der Waals surface area contributed by atoms with Crippen LogP contribution in [0.3, 0.4) is 0 Å². The van der Waals surface area contributed by atoms with E-state index in [4.69, 9.17) is 4.74 Å². The minimum Gasteiger partial charge on any atom is -0.459 e. The van der Waals surface area contributed by atoms with E-state index in [2.05, 4.69) is 21.2 Å². The van der Waals surface area contributed by atoms with Crippen molar-refractivity contribution in [2.24, 2.45) is 0 Å². The van der Waals surface area contributed by atoms with Crippen molar-refractivity contribution < 1.29 is 14.3 Å². The van der Waals surface area contributed by atoms with Gasteiger partial charge in [0.05, 0.1) is 0 Å². The van der Waals surface area contributed by atoms with Gasteiger partial charge in [-0.3, -0.25) is 4.79 Å². The number of esters is 1. The number of amides is 1. The molecule has 2 rings (SSSR count). The molecule has 2 aromatic rings. The number of halogens is 1. The zero-order valence-electron chi connectivity index (χ0n) is 12.8. The van der Waals surface area contributed by atoms with Gasteiger partial charge in [0.15, 0.2) is 0 Å². The van der Waals surface area contributed by atoms with E-state index < -0.39 is 12.0 Å². The number of hydrogen-bond donors (Lipinski definition) is 1. The van der Waals surface area contributed by atoms with Crippen LogP contribution in [-0.2, 0) is 27.4 Å². The molecule has 0 saturated carbocycles. The number of carbonyl (C=O) groups excluding carboxylic acids is 2. The first-order chi connectivity index (χ1) is 11.0. The smallest absolute Gasteiger partial charge is 0.329 e. The molecule has 0 aromatic heterocycles. The molecule has 0 bridgehead atoms. The molecule has 0 radical (unpaired) electrons. The fourth-order valence-corrected chi connectivity index (χ4v) is 2.39. The summed E-state index contributed by atoms with van der Waals surface area (Å²) in [5, 5.41) is 2.65. The van der Waals surface area contributed by atoms with E-state index >= 15 is 0 Å². The molecule has 0 aliphatic carbocycles. The van der Waals surface area contributed by atoms with Gasteiger partial charge < -0.3 is 10.1 Å². The average Bonchev–Trinajstić information content (AvgIpc) is 2.54. The van der Waals surface area contributed by atoms with Crippen LogP contribution >= 0.6 is 15.9 Å². The second kappa shape index (κ2) is 8.48. The molecule has 0 aliphatic rings. The average molecular weight is 376 g/mol. The van der Waals surface area contributed by atoms with E-state index in [0.717, 1.165) is 15.6 Å². The third-order valence-corrected chi connectivity index (χ3v) is 3.77. The van der Waals surface area contributed by atoms with Gasteiger partial charge in [0.25, 0.3) is 0 Å². The van der Waals surface area contributed by atoms with Gasteiger partial charge in [0.1, 0.15) is 12.6 Å². The fourth-order valence-electron chi connectivity index (χ4n) is 2.12. The number of hydrogen-bond acceptors (Lipinski definition) is 3. The Morgan fingerprint density at radius 1 is 1.04 bits per heavy atom. The first-order valence-electron chi connectivity index (χ1n) is 7.26. The van der Waals surface area contributed by atoms with Gasteiger partial charge in [-0.2, -0.15) is 0 Å². The Morgan fingerprint density at radius 3 is 2.30 bits per heavy atom. The van der Waals surface area contributed by atoms with Crippen molar-refractivity contribution in [2.45, 2.75) is 26.0 Å². The maximum atomic E-state index is 12.3. The van der Waals surface area contributed by atoms with E-state index in [1.165, 1.54) is 6.92 Å². The lowest BCUT2D eigenvalue weighted by Gasteiger charge is -2.17. The lowest BCUT2D eigenvalue weighted by molar-refractivity contribution is -0.149. The van der Waals surface area contributed by atoms with E-state index in [-0.39, 0.29) is 12.5 Å². The number of nitrogens with one attached hydrogen (secondary N) is 1. The lowest BCUT2D eigenvalue weighted by Crippen LogP contribution is -2.42. The predicted molar refractivity (Wildman–Crippen MR) is 91.7 cm³/mol. The monoisotopic (exact) mass is 375 g/mol. The first-order valence-corrected chi connectivity index (χ1v) is 8.06. The summed E-state index contributed by atoms with van der Waals surface area (Å²) in [5.74, 6) is -0.698. The minimum absolute atomic E-state index is 0.191. The molecule has 120 valence electrons. The van der Waals surface area contributed by atoms with Crippen LogP contribution in [0.2, 0.25) is 0 Å². The van der Waals surface area contributed by atoms with Crippen LogP contribution in [0.4, 0.5) is 0 Å². The zero-order chi connectivity index (χ0) is 16.7. The fraction of sp³-hybridized carbons (Fsp3) is 0.222. The van der Waals surface area contributed by atoms with Gasteiger partial charge in [-0.15, -0.1) is 0 Å². The molecule has 4 nitrogen and oxygen atoms in total. The molecule has 2 aromatic carbocycles. The van der Waals surface area contributed by atoms with Crippen molar-refractivity contribution in [1.82, 2.24) is 5.32 Å². The SMILES string of the molecule is CC(=O)N[C@@H](Cc1ccc(Br)cc1)C(=O)OCc1ccccc1. The van der Waals surface area contributed by atoms with Gasteiger partial charge in [-0.1, -0.05) is 58.4 Å². The van der Waals surface area contributed by atoms with E-state index in [9.17, 15) is 9.59 Å². The second-order valence-electron chi connectivity index (χ2n) is 5.18.